The molecule has 5 nitrogen and oxygen atoms in total. The van der Waals surface area contributed by atoms with Crippen molar-refractivity contribution >= 4 is 5.82 Å². The van der Waals surface area contributed by atoms with Crippen LogP contribution in [-0.4, -0.2) is 19.1 Å². The monoisotopic (exact) mass is 245 g/mol. The van der Waals surface area contributed by atoms with Crippen LogP contribution in [0.3, 0.4) is 0 Å². The van der Waals surface area contributed by atoms with Gasteiger partial charge in [0, 0.05) is 19.5 Å². The van der Waals surface area contributed by atoms with Gasteiger partial charge in [0.1, 0.15) is 17.3 Å². The number of aryl methyl sites for hydroxylation is 1. The topological polar surface area (TPSA) is 61.7 Å². The maximum atomic E-state index is 6.20. The van der Waals surface area contributed by atoms with Gasteiger partial charge in [-0.25, -0.2) is 9.97 Å². The predicted octanol–water partition coefficient (Wildman–Crippen LogP) is 2.18. The number of nitrogens with two attached hydrogens (primary N) is 1. The van der Waals surface area contributed by atoms with Gasteiger partial charge in [-0.05, 0) is 0 Å². The minimum absolute atomic E-state index is 0.314. The fourth-order valence-electron chi connectivity index (χ4n) is 2.02. The molecule has 0 aliphatic carbocycles. The summed E-state index contributed by atoms with van der Waals surface area (Å²) in [5.41, 5.74) is 7.92. The number of allylic oxidation sites excluding steroid dienone is 1. The Morgan fingerprint density at radius 1 is 1.50 bits per heavy atom. The van der Waals surface area contributed by atoms with Crippen LogP contribution in [-0.2, 0) is 13.6 Å². The molecule has 0 atom stereocenters. The Bertz CT molecular complexity index is 562. The van der Waals surface area contributed by atoms with Crippen LogP contribution in [0.4, 0.5) is 5.82 Å². The third-order valence-corrected chi connectivity index (χ3v) is 2.92. The lowest BCUT2D eigenvalue weighted by Gasteiger charge is -2.09. The third kappa shape index (κ3) is 1.92. The number of imidazole rings is 2. The Kier molecular flexibility index (Phi) is 3.23. The van der Waals surface area contributed by atoms with Crippen LogP contribution < -0.4 is 5.73 Å². The van der Waals surface area contributed by atoms with Crippen LogP contribution in [0, 0.1) is 0 Å². The fourth-order valence-corrected chi connectivity index (χ4v) is 2.02. The van der Waals surface area contributed by atoms with E-state index in [1.165, 1.54) is 0 Å². The van der Waals surface area contributed by atoms with Crippen molar-refractivity contribution in [1.29, 1.82) is 0 Å². The van der Waals surface area contributed by atoms with Gasteiger partial charge in [0.25, 0.3) is 0 Å². The van der Waals surface area contributed by atoms with E-state index in [1.54, 1.807) is 12.5 Å². The molecule has 2 aromatic rings. The molecule has 2 aromatic heterocycles. The zero-order valence-corrected chi connectivity index (χ0v) is 11.1. The van der Waals surface area contributed by atoms with E-state index in [1.807, 2.05) is 22.3 Å². The summed E-state index contributed by atoms with van der Waals surface area (Å²) in [4.78, 5) is 8.77. The van der Waals surface area contributed by atoms with Gasteiger partial charge in [-0.1, -0.05) is 19.9 Å². The first-order valence-electron chi connectivity index (χ1n) is 5.99. The molecule has 2 rings (SSSR count). The number of nitrogen functional groups attached to an aromatic ring is 1. The molecule has 0 fully saturated rings. The molecule has 96 valence electrons. The largest absolute Gasteiger partial charge is 0.383 e. The van der Waals surface area contributed by atoms with Crippen molar-refractivity contribution in [3.05, 3.63) is 31.0 Å². The van der Waals surface area contributed by atoms with Crippen LogP contribution in [0.25, 0.3) is 11.4 Å². The molecule has 0 aliphatic rings. The Morgan fingerprint density at radius 2 is 2.22 bits per heavy atom. The van der Waals surface area contributed by atoms with Gasteiger partial charge in [-0.2, -0.15) is 0 Å². The highest BCUT2D eigenvalue weighted by molar-refractivity contribution is 5.68. The molecule has 0 unspecified atom stereocenters. The van der Waals surface area contributed by atoms with E-state index >= 15 is 0 Å². The van der Waals surface area contributed by atoms with Crippen LogP contribution in [0.15, 0.2) is 25.2 Å². The highest BCUT2D eigenvalue weighted by Crippen LogP contribution is 2.28. The van der Waals surface area contributed by atoms with Gasteiger partial charge < -0.3 is 14.9 Å². The highest BCUT2D eigenvalue weighted by atomic mass is 15.2. The third-order valence-electron chi connectivity index (χ3n) is 2.92. The molecule has 0 amide bonds. The number of rotatable bonds is 4. The molecule has 2 N–H and O–H groups in total. The van der Waals surface area contributed by atoms with Gasteiger partial charge in [0.05, 0.1) is 18.2 Å². The summed E-state index contributed by atoms with van der Waals surface area (Å²) < 4.78 is 3.92. The number of hydrogen-bond donors (Lipinski definition) is 1. The molecule has 2 heterocycles. The number of anilines is 1. The van der Waals surface area contributed by atoms with Crippen LogP contribution >= 0.6 is 0 Å². The lowest BCUT2D eigenvalue weighted by molar-refractivity contribution is 0.684. The van der Waals surface area contributed by atoms with E-state index in [0.29, 0.717) is 18.3 Å². The van der Waals surface area contributed by atoms with Crippen molar-refractivity contribution in [2.75, 3.05) is 5.73 Å². The first-order valence-corrected chi connectivity index (χ1v) is 5.99. The molecule has 0 saturated heterocycles. The van der Waals surface area contributed by atoms with Gasteiger partial charge >= 0.3 is 0 Å². The number of hydrogen-bond acceptors (Lipinski definition) is 3. The standard InChI is InChI=1S/C13H19N5/c1-5-6-18-12(14)11(16-13(18)9(2)3)10-7-15-8-17(10)4/h5,7-9H,1,6,14H2,2-4H3. The average Bonchev–Trinajstić information content (AvgIpc) is 2.85. The van der Waals surface area contributed by atoms with Gasteiger partial charge in [-0.15, -0.1) is 6.58 Å². The van der Waals surface area contributed by atoms with Crippen LogP contribution in [0.5, 0.6) is 0 Å². The van der Waals surface area contributed by atoms with Gasteiger partial charge in [0.2, 0.25) is 0 Å². The molecule has 0 aromatic carbocycles. The van der Waals surface area contributed by atoms with E-state index in [2.05, 4.69) is 30.4 Å². The van der Waals surface area contributed by atoms with E-state index in [0.717, 1.165) is 17.2 Å². The summed E-state index contributed by atoms with van der Waals surface area (Å²) in [6.45, 7) is 8.65. The fraction of sp³-hybridized carbons (Fsp3) is 0.385. The van der Waals surface area contributed by atoms with Crippen molar-refractivity contribution < 1.29 is 0 Å². The second kappa shape index (κ2) is 4.68. The summed E-state index contributed by atoms with van der Waals surface area (Å²) in [5, 5.41) is 0. The number of aromatic nitrogens is 4. The lowest BCUT2D eigenvalue weighted by Crippen LogP contribution is -2.07. The molecule has 0 spiro atoms. The second-order valence-corrected chi connectivity index (χ2v) is 4.65. The zero-order valence-electron chi connectivity index (χ0n) is 11.1. The van der Waals surface area contributed by atoms with Crippen molar-refractivity contribution in [3.8, 4) is 11.4 Å². The Morgan fingerprint density at radius 3 is 2.72 bits per heavy atom. The lowest BCUT2D eigenvalue weighted by atomic mass is 10.2. The van der Waals surface area contributed by atoms with Crippen molar-refractivity contribution in [1.82, 2.24) is 19.1 Å². The average molecular weight is 245 g/mol. The summed E-state index contributed by atoms with van der Waals surface area (Å²) in [7, 11) is 1.93. The van der Waals surface area contributed by atoms with Gasteiger partial charge in [0.15, 0.2) is 0 Å². The maximum Gasteiger partial charge on any atom is 0.133 e. The minimum atomic E-state index is 0.314. The van der Waals surface area contributed by atoms with E-state index in [4.69, 9.17) is 5.73 Å². The first-order chi connectivity index (χ1) is 8.56. The molecule has 0 radical (unpaired) electrons. The quantitative estimate of drug-likeness (QED) is 0.840. The SMILES string of the molecule is C=CCn1c(C(C)C)nc(-c2cncn2C)c1N. The molecule has 0 bridgehead atoms. The zero-order chi connectivity index (χ0) is 13.3. The van der Waals surface area contributed by atoms with E-state index in [-0.39, 0.29) is 0 Å². The Hall–Kier alpha value is -2.04. The summed E-state index contributed by atoms with van der Waals surface area (Å²) in [6, 6.07) is 0. The number of nitrogens with zero attached hydrogens (tertiary/aromatic N) is 4. The molecule has 5 heteroatoms. The molecular weight excluding hydrogens is 226 g/mol. The molecule has 0 saturated carbocycles. The van der Waals surface area contributed by atoms with Crippen molar-refractivity contribution in [2.45, 2.75) is 26.3 Å². The van der Waals surface area contributed by atoms with E-state index < -0.39 is 0 Å². The minimum Gasteiger partial charge on any atom is -0.383 e. The maximum absolute atomic E-state index is 6.20. The normalized spacial score (nSPS) is 11.1. The first kappa shape index (κ1) is 12.4. The van der Waals surface area contributed by atoms with Crippen LogP contribution in [0.2, 0.25) is 0 Å². The predicted molar refractivity (Wildman–Crippen MR) is 73.1 cm³/mol. The summed E-state index contributed by atoms with van der Waals surface area (Å²) >= 11 is 0. The van der Waals surface area contributed by atoms with E-state index in [9.17, 15) is 0 Å². The Balaban J connectivity index is 2.60. The van der Waals surface area contributed by atoms with Crippen molar-refractivity contribution in [2.24, 2.45) is 7.05 Å². The molecular formula is C13H19N5. The smallest absolute Gasteiger partial charge is 0.133 e. The van der Waals surface area contributed by atoms with Crippen LogP contribution in [0.1, 0.15) is 25.6 Å². The Labute approximate surface area is 107 Å². The second-order valence-electron chi connectivity index (χ2n) is 4.65. The molecule has 18 heavy (non-hydrogen) atoms. The van der Waals surface area contributed by atoms with Gasteiger partial charge in [-0.3, -0.25) is 0 Å². The van der Waals surface area contributed by atoms with Crippen molar-refractivity contribution in [3.63, 3.8) is 0 Å². The highest BCUT2D eigenvalue weighted by Gasteiger charge is 2.19. The molecule has 0 aliphatic heterocycles. The summed E-state index contributed by atoms with van der Waals surface area (Å²) in [6.07, 6.45) is 5.36. The summed E-state index contributed by atoms with van der Waals surface area (Å²) in [5.74, 6) is 1.96.